The fourth-order valence-corrected chi connectivity index (χ4v) is 1.72. The molecule has 1 rings (SSSR count). The van der Waals surface area contributed by atoms with Gasteiger partial charge in [-0.05, 0) is 24.6 Å². The van der Waals surface area contributed by atoms with E-state index < -0.39 is 6.04 Å². The Morgan fingerprint density at radius 2 is 2.06 bits per heavy atom. The average molecular weight is 249 g/mol. The molecule has 0 aliphatic carbocycles. The normalized spacial score (nSPS) is 12.2. The smallest absolute Gasteiger partial charge is 0.241 e. The Balaban J connectivity index is 2.68. The van der Waals surface area contributed by atoms with Gasteiger partial charge in [-0.1, -0.05) is 38.5 Å². The standard InChI is InChI=1S/C14H23N3O/c1-3-7-12(15)14(18)17-13-9-6-5-8-11(13)10-16-4-2/h5-6,8-9,12,16H,3-4,7,10,15H2,1-2H3,(H,17,18). The summed E-state index contributed by atoms with van der Waals surface area (Å²) in [7, 11) is 0. The summed E-state index contributed by atoms with van der Waals surface area (Å²) in [5, 5.41) is 6.15. The second-order valence-electron chi connectivity index (χ2n) is 4.32. The molecule has 1 atom stereocenters. The van der Waals surface area contributed by atoms with Crippen LogP contribution in [-0.4, -0.2) is 18.5 Å². The van der Waals surface area contributed by atoms with Crippen molar-refractivity contribution in [1.82, 2.24) is 5.32 Å². The number of para-hydroxylation sites is 1. The summed E-state index contributed by atoms with van der Waals surface area (Å²) in [6.07, 6.45) is 1.62. The predicted octanol–water partition coefficient (Wildman–Crippen LogP) is 1.86. The summed E-state index contributed by atoms with van der Waals surface area (Å²) in [5.41, 5.74) is 7.72. The first-order valence-corrected chi connectivity index (χ1v) is 6.54. The van der Waals surface area contributed by atoms with Crippen molar-refractivity contribution in [3.63, 3.8) is 0 Å². The SMILES string of the molecule is CCCC(N)C(=O)Nc1ccccc1CNCC. The van der Waals surface area contributed by atoms with Crippen LogP contribution in [0.2, 0.25) is 0 Å². The molecule has 4 heteroatoms. The zero-order valence-corrected chi connectivity index (χ0v) is 11.2. The molecule has 0 heterocycles. The van der Waals surface area contributed by atoms with Crippen LogP contribution in [0.15, 0.2) is 24.3 Å². The number of amides is 1. The fourth-order valence-electron chi connectivity index (χ4n) is 1.72. The fraction of sp³-hybridized carbons (Fsp3) is 0.500. The quantitative estimate of drug-likeness (QED) is 0.691. The molecule has 1 unspecified atom stereocenters. The number of hydrogen-bond acceptors (Lipinski definition) is 3. The Hall–Kier alpha value is -1.39. The lowest BCUT2D eigenvalue weighted by atomic mass is 10.1. The van der Waals surface area contributed by atoms with E-state index in [2.05, 4.69) is 17.6 Å². The molecule has 0 saturated heterocycles. The van der Waals surface area contributed by atoms with Crippen LogP contribution in [0.4, 0.5) is 5.69 Å². The molecular formula is C14H23N3O. The summed E-state index contributed by atoms with van der Waals surface area (Å²) < 4.78 is 0. The van der Waals surface area contributed by atoms with Gasteiger partial charge >= 0.3 is 0 Å². The summed E-state index contributed by atoms with van der Waals surface area (Å²) in [6.45, 7) is 5.72. The van der Waals surface area contributed by atoms with Gasteiger partial charge in [0.15, 0.2) is 0 Å². The lowest BCUT2D eigenvalue weighted by Crippen LogP contribution is -2.35. The monoisotopic (exact) mass is 249 g/mol. The molecule has 100 valence electrons. The van der Waals surface area contributed by atoms with Crippen molar-refractivity contribution >= 4 is 11.6 Å². The number of nitrogens with one attached hydrogen (secondary N) is 2. The highest BCUT2D eigenvalue weighted by Crippen LogP contribution is 2.15. The first kappa shape index (κ1) is 14.7. The molecule has 0 saturated carbocycles. The van der Waals surface area contributed by atoms with Gasteiger partial charge in [-0.2, -0.15) is 0 Å². The van der Waals surface area contributed by atoms with Crippen LogP contribution >= 0.6 is 0 Å². The largest absolute Gasteiger partial charge is 0.324 e. The summed E-state index contributed by atoms with van der Waals surface area (Å²) >= 11 is 0. The van der Waals surface area contributed by atoms with Crippen LogP contribution in [-0.2, 0) is 11.3 Å². The molecule has 0 bridgehead atoms. The highest BCUT2D eigenvalue weighted by atomic mass is 16.2. The third-order valence-corrected chi connectivity index (χ3v) is 2.78. The van der Waals surface area contributed by atoms with Crippen LogP contribution in [0.1, 0.15) is 32.3 Å². The highest BCUT2D eigenvalue weighted by molar-refractivity contribution is 5.95. The van der Waals surface area contributed by atoms with Crippen LogP contribution < -0.4 is 16.4 Å². The summed E-state index contributed by atoms with van der Waals surface area (Å²) in [4.78, 5) is 11.9. The Labute approximate surface area is 109 Å². The third kappa shape index (κ3) is 4.47. The van der Waals surface area contributed by atoms with Gasteiger partial charge in [0, 0.05) is 12.2 Å². The van der Waals surface area contributed by atoms with E-state index in [-0.39, 0.29) is 5.91 Å². The van der Waals surface area contributed by atoms with Gasteiger partial charge in [-0.25, -0.2) is 0 Å². The van der Waals surface area contributed by atoms with E-state index in [1.54, 1.807) is 0 Å². The van der Waals surface area contributed by atoms with Gasteiger partial charge in [0.2, 0.25) is 5.91 Å². The van der Waals surface area contributed by atoms with Gasteiger partial charge in [-0.3, -0.25) is 4.79 Å². The average Bonchev–Trinajstić information content (AvgIpc) is 2.38. The lowest BCUT2D eigenvalue weighted by Gasteiger charge is -2.14. The van der Waals surface area contributed by atoms with Crippen LogP contribution in [0.3, 0.4) is 0 Å². The molecular weight excluding hydrogens is 226 g/mol. The molecule has 1 amide bonds. The second-order valence-corrected chi connectivity index (χ2v) is 4.32. The molecule has 4 N–H and O–H groups in total. The summed E-state index contributed by atoms with van der Waals surface area (Å²) in [6, 6.07) is 7.36. The van der Waals surface area contributed by atoms with E-state index in [0.29, 0.717) is 6.42 Å². The van der Waals surface area contributed by atoms with E-state index in [1.807, 2.05) is 31.2 Å². The topological polar surface area (TPSA) is 67.2 Å². The molecule has 0 spiro atoms. The number of benzene rings is 1. The first-order valence-electron chi connectivity index (χ1n) is 6.54. The molecule has 1 aromatic carbocycles. The van der Waals surface area contributed by atoms with E-state index >= 15 is 0 Å². The van der Waals surface area contributed by atoms with E-state index in [0.717, 1.165) is 30.8 Å². The number of carbonyl (C=O) groups is 1. The Morgan fingerprint density at radius 3 is 2.72 bits per heavy atom. The molecule has 0 aliphatic rings. The van der Waals surface area contributed by atoms with Gasteiger partial charge in [0.25, 0.3) is 0 Å². The molecule has 1 aromatic rings. The number of carbonyl (C=O) groups excluding carboxylic acids is 1. The van der Waals surface area contributed by atoms with Crippen LogP contribution in [0, 0.1) is 0 Å². The second kappa shape index (κ2) is 7.84. The van der Waals surface area contributed by atoms with Gasteiger partial charge in [0.1, 0.15) is 0 Å². The molecule has 18 heavy (non-hydrogen) atoms. The van der Waals surface area contributed by atoms with Crippen LogP contribution in [0.5, 0.6) is 0 Å². The minimum Gasteiger partial charge on any atom is -0.324 e. The van der Waals surface area contributed by atoms with Crippen molar-refractivity contribution in [3.05, 3.63) is 29.8 Å². The predicted molar refractivity (Wildman–Crippen MR) is 75.3 cm³/mol. The van der Waals surface area contributed by atoms with Crippen LogP contribution in [0.25, 0.3) is 0 Å². The van der Waals surface area contributed by atoms with Crippen molar-refractivity contribution in [3.8, 4) is 0 Å². The number of nitrogens with two attached hydrogens (primary N) is 1. The molecule has 0 aliphatic heterocycles. The number of hydrogen-bond donors (Lipinski definition) is 3. The van der Waals surface area contributed by atoms with Gasteiger partial charge < -0.3 is 16.4 Å². The van der Waals surface area contributed by atoms with Crippen molar-refractivity contribution in [2.75, 3.05) is 11.9 Å². The molecule has 0 aromatic heterocycles. The molecule has 0 fully saturated rings. The maximum Gasteiger partial charge on any atom is 0.241 e. The number of anilines is 1. The van der Waals surface area contributed by atoms with E-state index in [4.69, 9.17) is 5.73 Å². The minimum absolute atomic E-state index is 0.110. The van der Waals surface area contributed by atoms with Crippen molar-refractivity contribution in [2.45, 2.75) is 39.3 Å². The maximum absolute atomic E-state index is 11.9. The zero-order chi connectivity index (χ0) is 13.4. The van der Waals surface area contributed by atoms with Gasteiger partial charge in [0.05, 0.1) is 6.04 Å². The zero-order valence-electron chi connectivity index (χ0n) is 11.2. The third-order valence-electron chi connectivity index (χ3n) is 2.78. The van der Waals surface area contributed by atoms with Gasteiger partial charge in [-0.15, -0.1) is 0 Å². The summed E-state index contributed by atoms with van der Waals surface area (Å²) in [5.74, 6) is -0.110. The van der Waals surface area contributed by atoms with E-state index in [9.17, 15) is 4.79 Å². The maximum atomic E-state index is 11.9. The first-order chi connectivity index (χ1) is 8.69. The van der Waals surface area contributed by atoms with Crippen molar-refractivity contribution in [1.29, 1.82) is 0 Å². The highest BCUT2D eigenvalue weighted by Gasteiger charge is 2.13. The molecule has 4 nitrogen and oxygen atoms in total. The van der Waals surface area contributed by atoms with E-state index in [1.165, 1.54) is 0 Å². The lowest BCUT2D eigenvalue weighted by molar-refractivity contribution is -0.117. The minimum atomic E-state index is -0.429. The van der Waals surface area contributed by atoms with Crippen molar-refractivity contribution < 1.29 is 4.79 Å². The Morgan fingerprint density at radius 1 is 1.33 bits per heavy atom. The Kier molecular flexibility index (Phi) is 6.39. The Bertz CT molecular complexity index is 379. The van der Waals surface area contributed by atoms with Crippen molar-refractivity contribution in [2.24, 2.45) is 5.73 Å². The number of rotatable bonds is 7. The molecule has 0 radical (unpaired) electrons.